The summed E-state index contributed by atoms with van der Waals surface area (Å²) in [6.07, 6.45) is 1.58. The van der Waals surface area contributed by atoms with Gasteiger partial charge in [0.25, 0.3) is 5.91 Å². The molecule has 1 aromatic carbocycles. The van der Waals surface area contributed by atoms with E-state index in [1.807, 2.05) is 18.2 Å². The van der Waals surface area contributed by atoms with Gasteiger partial charge in [-0.05, 0) is 12.1 Å². The summed E-state index contributed by atoms with van der Waals surface area (Å²) in [5.41, 5.74) is 8.61. The number of nitrogens with two attached hydrogens (primary N) is 1. The van der Waals surface area contributed by atoms with E-state index >= 15 is 0 Å². The van der Waals surface area contributed by atoms with Crippen LogP contribution in [-0.4, -0.2) is 5.91 Å². The summed E-state index contributed by atoms with van der Waals surface area (Å²) in [5, 5.41) is 0. The van der Waals surface area contributed by atoms with Crippen molar-refractivity contribution in [1.29, 1.82) is 0 Å². The quantitative estimate of drug-likeness (QED) is 0.601. The van der Waals surface area contributed by atoms with Crippen LogP contribution in [0.4, 0.5) is 0 Å². The second-order valence-electron chi connectivity index (χ2n) is 2.67. The van der Waals surface area contributed by atoms with Crippen LogP contribution in [0, 0.1) is 0 Å². The molecule has 0 spiro atoms. The normalized spacial score (nSPS) is 14.8. The molecular formula is C9H8N2O2. The van der Waals surface area contributed by atoms with Gasteiger partial charge in [-0.3, -0.25) is 4.79 Å². The molecule has 4 nitrogen and oxygen atoms in total. The van der Waals surface area contributed by atoms with Gasteiger partial charge in [0.2, 0.25) is 0 Å². The van der Waals surface area contributed by atoms with E-state index in [2.05, 4.69) is 5.48 Å². The van der Waals surface area contributed by atoms with E-state index in [0.717, 1.165) is 5.56 Å². The molecule has 13 heavy (non-hydrogen) atoms. The summed E-state index contributed by atoms with van der Waals surface area (Å²) in [6, 6.07) is 7.25. The number of carbonyl (C=O) groups excluding carboxylic acids is 1. The highest BCUT2D eigenvalue weighted by atomic mass is 16.7. The van der Waals surface area contributed by atoms with E-state index in [1.165, 1.54) is 0 Å². The average molecular weight is 176 g/mol. The van der Waals surface area contributed by atoms with Gasteiger partial charge in [-0.25, -0.2) is 0 Å². The first-order chi connectivity index (χ1) is 6.27. The standard InChI is InChI=1S/C9H8N2O2/c10-7-5-6-3-1-2-4-8(6)13-11-9(7)12/h1-5H,10H2,(H,11,12). The van der Waals surface area contributed by atoms with Crippen molar-refractivity contribution in [1.82, 2.24) is 5.48 Å². The van der Waals surface area contributed by atoms with Crippen molar-refractivity contribution in [3.8, 4) is 5.75 Å². The minimum Gasteiger partial charge on any atom is -0.394 e. The molecule has 0 bridgehead atoms. The molecule has 0 aromatic heterocycles. The Morgan fingerprint density at radius 1 is 1.31 bits per heavy atom. The van der Waals surface area contributed by atoms with E-state index in [0.29, 0.717) is 5.75 Å². The van der Waals surface area contributed by atoms with E-state index in [-0.39, 0.29) is 5.70 Å². The third-order valence-electron chi connectivity index (χ3n) is 1.75. The average Bonchev–Trinajstić information content (AvgIpc) is 2.28. The van der Waals surface area contributed by atoms with Crippen molar-refractivity contribution in [3.63, 3.8) is 0 Å². The van der Waals surface area contributed by atoms with Gasteiger partial charge in [-0.15, -0.1) is 0 Å². The molecule has 66 valence electrons. The van der Waals surface area contributed by atoms with E-state index in [9.17, 15) is 4.79 Å². The van der Waals surface area contributed by atoms with Crippen LogP contribution in [0.5, 0.6) is 5.75 Å². The lowest BCUT2D eigenvalue weighted by Crippen LogP contribution is -2.29. The molecule has 0 unspecified atom stereocenters. The SMILES string of the molecule is NC1=Cc2ccccc2ONC1=O. The number of hydrogen-bond acceptors (Lipinski definition) is 3. The lowest BCUT2D eigenvalue weighted by Gasteiger charge is -2.03. The minimum absolute atomic E-state index is 0.143. The van der Waals surface area contributed by atoms with Gasteiger partial charge < -0.3 is 10.6 Å². The Morgan fingerprint density at radius 2 is 2.08 bits per heavy atom. The highest BCUT2D eigenvalue weighted by molar-refractivity contribution is 5.97. The first-order valence-electron chi connectivity index (χ1n) is 3.81. The fourth-order valence-corrected chi connectivity index (χ4v) is 1.09. The lowest BCUT2D eigenvalue weighted by atomic mass is 10.2. The number of amides is 1. The summed E-state index contributed by atoms with van der Waals surface area (Å²) < 4.78 is 0. The molecule has 0 aliphatic carbocycles. The van der Waals surface area contributed by atoms with Gasteiger partial charge in [0.1, 0.15) is 5.70 Å². The molecule has 1 aliphatic heterocycles. The van der Waals surface area contributed by atoms with Crippen molar-refractivity contribution in [2.45, 2.75) is 0 Å². The number of hydroxylamine groups is 1. The number of fused-ring (bicyclic) bond motifs is 1. The van der Waals surface area contributed by atoms with Gasteiger partial charge >= 0.3 is 0 Å². The van der Waals surface area contributed by atoms with Crippen molar-refractivity contribution < 1.29 is 9.63 Å². The van der Waals surface area contributed by atoms with Crippen molar-refractivity contribution in [2.75, 3.05) is 0 Å². The van der Waals surface area contributed by atoms with E-state index in [4.69, 9.17) is 10.6 Å². The zero-order valence-electron chi connectivity index (χ0n) is 6.78. The third-order valence-corrected chi connectivity index (χ3v) is 1.75. The van der Waals surface area contributed by atoms with Crippen molar-refractivity contribution >= 4 is 12.0 Å². The lowest BCUT2D eigenvalue weighted by molar-refractivity contribution is -0.123. The van der Waals surface area contributed by atoms with E-state index < -0.39 is 5.91 Å². The van der Waals surface area contributed by atoms with Crippen molar-refractivity contribution in [3.05, 3.63) is 35.5 Å². The van der Waals surface area contributed by atoms with Gasteiger partial charge in [-0.2, -0.15) is 5.48 Å². The number of carbonyl (C=O) groups is 1. The Balaban J connectivity index is 2.51. The molecule has 0 saturated carbocycles. The summed E-state index contributed by atoms with van der Waals surface area (Å²) in [6.45, 7) is 0. The Morgan fingerprint density at radius 3 is 2.92 bits per heavy atom. The zero-order valence-corrected chi connectivity index (χ0v) is 6.78. The van der Waals surface area contributed by atoms with Gasteiger partial charge in [-0.1, -0.05) is 18.2 Å². The van der Waals surface area contributed by atoms with Crippen LogP contribution < -0.4 is 16.1 Å². The molecule has 4 heteroatoms. The second kappa shape index (κ2) is 2.82. The number of nitrogens with one attached hydrogen (secondary N) is 1. The van der Waals surface area contributed by atoms with Gasteiger partial charge in [0.05, 0.1) is 0 Å². The number of rotatable bonds is 0. The molecule has 1 aliphatic rings. The Hall–Kier alpha value is -1.97. The summed E-state index contributed by atoms with van der Waals surface area (Å²) >= 11 is 0. The van der Waals surface area contributed by atoms with Crippen LogP contribution >= 0.6 is 0 Å². The van der Waals surface area contributed by atoms with Crippen LogP contribution in [0.2, 0.25) is 0 Å². The number of benzene rings is 1. The monoisotopic (exact) mass is 176 g/mol. The molecule has 1 amide bonds. The molecule has 0 radical (unpaired) electrons. The van der Waals surface area contributed by atoms with Crippen LogP contribution in [0.1, 0.15) is 5.56 Å². The smallest absolute Gasteiger partial charge is 0.299 e. The molecule has 0 atom stereocenters. The predicted octanol–water partition coefficient (Wildman–Crippen LogP) is 0.410. The summed E-state index contributed by atoms with van der Waals surface area (Å²) in [7, 11) is 0. The second-order valence-corrected chi connectivity index (χ2v) is 2.67. The zero-order chi connectivity index (χ0) is 9.26. The maximum atomic E-state index is 11.1. The molecule has 0 saturated heterocycles. The molecule has 1 aromatic rings. The maximum Gasteiger partial charge on any atom is 0.299 e. The van der Waals surface area contributed by atoms with Crippen LogP contribution in [0.25, 0.3) is 6.08 Å². The highest BCUT2D eigenvalue weighted by Crippen LogP contribution is 2.21. The maximum absolute atomic E-state index is 11.1. The first kappa shape index (κ1) is 7.67. The molecule has 0 fully saturated rings. The first-order valence-corrected chi connectivity index (χ1v) is 3.81. The van der Waals surface area contributed by atoms with Crippen LogP contribution in [0.3, 0.4) is 0 Å². The molecular weight excluding hydrogens is 168 g/mol. The van der Waals surface area contributed by atoms with Gasteiger partial charge in [0.15, 0.2) is 5.75 Å². The summed E-state index contributed by atoms with van der Waals surface area (Å²) in [5.74, 6) is 0.174. The number of hydrogen-bond donors (Lipinski definition) is 2. The molecule has 1 heterocycles. The van der Waals surface area contributed by atoms with Crippen LogP contribution in [-0.2, 0) is 4.79 Å². The summed E-state index contributed by atoms with van der Waals surface area (Å²) in [4.78, 5) is 16.1. The highest BCUT2D eigenvalue weighted by Gasteiger charge is 2.12. The fourth-order valence-electron chi connectivity index (χ4n) is 1.09. The minimum atomic E-state index is -0.420. The predicted molar refractivity (Wildman–Crippen MR) is 47.4 cm³/mol. The van der Waals surface area contributed by atoms with Crippen molar-refractivity contribution in [2.24, 2.45) is 5.73 Å². The molecule has 3 N–H and O–H groups in total. The van der Waals surface area contributed by atoms with Crippen LogP contribution in [0.15, 0.2) is 30.0 Å². The third kappa shape index (κ3) is 1.33. The van der Waals surface area contributed by atoms with E-state index in [1.54, 1.807) is 12.1 Å². The number of para-hydroxylation sites is 1. The Bertz CT molecular complexity index is 385. The topological polar surface area (TPSA) is 64.3 Å². The largest absolute Gasteiger partial charge is 0.394 e. The molecule has 2 rings (SSSR count). The Labute approximate surface area is 74.9 Å². The fraction of sp³-hybridized carbons (Fsp3) is 0. The van der Waals surface area contributed by atoms with Gasteiger partial charge in [0, 0.05) is 5.56 Å². The Kier molecular flexibility index (Phi) is 1.66.